The monoisotopic (exact) mass is 428 g/mol. The lowest BCUT2D eigenvalue weighted by Gasteiger charge is -2.25. The lowest BCUT2D eigenvalue weighted by molar-refractivity contribution is -0.135. The van der Waals surface area contributed by atoms with E-state index in [0.29, 0.717) is 6.42 Å². The second-order valence-electron chi connectivity index (χ2n) is 6.35. The first-order chi connectivity index (χ1) is 12.7. The second kappa shape index (κ2) is 7.69. The van der Waals surface area contributed by atoms with Gasteiger partial charge in [-0.3, -0.25) is 14.5 Å². The van der Waals surface area contributed by atoms with Crippen LogP contribution in [0, 0.1) is 5.82 Å². The summed E-state index contributed by atoms with van der Waals surface area (Å²) < 4.78 is 37.2. The van der Waals surface area contributed by atoms with Gasteiger partial charge in [-0.1, -0.05) is 42.2 Å². The summed E-state index contributed by atoms with van der Waals surface area (Å²) in [6.07, 6.45) is 1.79. The molecule has 1 aromatic rings. The smallest absolute Gasteiger partial charge is 0.266 e. The zero-order valence-electron chi connectivity index (χ0n) is 14.4. The molecule has 0 aliphatic carbocycles. The SMILES string of the molecule is CN(C(=O)CN1C(=O)/C(=C/c2ccccc2F)SC1=S)[C@H]1CCS(=O)(=O)C1. The Bertz CT molecular complexity index is 945. The molecule has 0 aromatic heterocycles. The average Bonchev–Trinajstić information content (AvgIpc) is 3.10. The highest BCUT2D eigenvalue weighted by atomic mass is 32.2. The van der Waals surface area contributed by atoms with Crippen LogP contribution in [0.2, 0.25) is 0 Å². The van der Waals surface area contributed by atoms with Gasteiger partial charge < -0.3 is 4.90 Å². The van der Waals surface area contributed by atoms with Gasteiger partial charge in [0.25, 0.3) is 5.91 Å². The number of amides is 2. The summed E-state index contributed by atoms with van der Waals surface area (Å²) in [5.41, 5.74) is 0.262. The molecule has 2 aliphatic heterocycles. The number of halogens is 1. The predicted octanol–water partition coefficient (Wildman–Crippen LogP) is 1.67. The fourth-order valence-electron chi connectivity index (χ4n) is 2.90. The summed E-state index contributed by atoms with van der Waals surface area (Å²) in [4.78, 5) is 27.8. The number of carbonyl (C=O) groups excluding carboxylic acids is 2. The number of sulfone groups is 1. The van der Waals surface area contributed by atoms with Crippen molar-refractivity contribution in [3.05, 3.63) is 40.6 Å². The molecule has 0 N–H and O–H groups in total. The molecular weight excluding hydrogens is 411 g/mol. The van der Waals surface area contributed by atoms with E-state index in [2.05, 4.69) is 0 Å². The van der Waals surface area contributed by atoms with Crippen molar-refractivity contribution in [3.63, 3.8) is 0 Å². The molecule has 1 aromatic carbocycles. The van der Waals surface area contributed by atoms with Gasteiger partial charge in [-0.2, -0.15) is 0 Å². The number of benzene rings is 1. The molecule has 1 atom stereocenters. The highest BCUT2D eigenvalue weighted by molar-refractivity contribution is 8.26. The molecule has 2 fully saturated rings. The van der Waals surface area contributed by atoms with Gasteiger partial charge in [0.05, 0.1) is 16.4 Å². The van der Waals surface area contributed by atoms with Gasteiger partial charge in [0, 0.05) is 18.7 Å². The van der Waals surface area contributed by atoms with Crippen molar-refractivity contribution in [1.82, 2.24) is 9.80 Å². The summed E-state index contributed by atoms with van der Waals surface area (Å²) in [6, 6.07) is 5.65. The van der Waals surface area contributed by atoms with Crippen LogP contribution in [-0.4, -0.2) is 65.5 Å². The Morgan fingerprint density at radius 1 is 1.44 bits per heavy atom. The van der Waals surface area contributed by atoms with Crippen LogP contribution in [0.1, 0.15) is 12.0 Å². The summed E-state index contributed by atoms with van der Waals surface area (Å²) in [5, 5.41) is 0. The average molecular weight is 429 g/mol. The van der Waals surface area contributed by atoms with Gasteiger partial charge >= 0.3 is 0 Å². The van der Waals surface area contributed by atoms with Gasteiger partial charge in [-0.05, 0) is 18.6 Å². The van der Waals surface area contributed by atoms with Gasteiger partial charge in [-0.15, -0.1) is 0 Å². The van der Waals surface area contributed by atoms with Crippen LogP contribution in [-0.2, 0) is 19.4 Å². The molecule has 0 unspecified atom stereocenters. The van der Waals surface area contributed by atoms with Crippen LogP contribution >= 0.6 is 24.0 Å². The minimum atomic E-state index is -3.12. The Labute approximate surface area is 166 Å². The van der Waals surface area contributed by atoms with Crippen molar-refractivity contribution < 1.29 is 22.4 Å². The topological polar surface area (TPSA) is 74.8 Å². The normalized spacial score (nSPS) is 23.3. The van der Waals surface area contributed by atoms with Crippen LogP contribution in [0.3, 0.4) is 0 Å². The van der Waals surface area contributed by atoms with E-state index in [1.165, 1.54) is 24.1 Å². The molecule has 0 spiro atoms. The molecular formula is C17H17FN2O4S3. The van der Waals surface area contributed by atoms with Gasteiger partial charge in [-0.25, -0.2) is 12.8 Å². The Kier molecular flexibility index (Phi) is 5.68. The molecule has 10 heteroatoms. The maximum Gasteiger partial charge on any atom is 0.266 e. The number of hydrogen-bond acceptors (Lipinski definition) is 6. The third-order valence-corrected chi connectivity index (χ3v) is 7.64. The first-order valence-electron chi connectivity index (χ1n) is 8.14. The maximum atomic E-state index is 13.8. The van der Waals surface area contributed by atoms with E-state index in [1.54, 1.807) is 18.2 Å². The lowest BCUT2D eigenvalue weighted by Crippen LogP contribution is -2.45. The first-order valence-corrected chi connectivity index (χ1v) is 11.2. The summed E-state index contributed by atoms with van der Waals surface area (Å²) in [7, 11) is -1.59. The fraction of sp³-hybridized carbons (Fsp3) is 0.353. The van der Waals surface area contributed by atoms with Crippen LogP contribution in [0.4, 0.5) is 4.39 Å². The van der Waals surface area contributed by atoms with Crippen molar-refractivity contribution >= 4 is 56.0 Å². The van der Waals surface area contributed by atoms with E-state index >= 15 is 0 Å². The zero-order valence-corrected chi connectivity index (χ0v) is 16.9. The lowest BCUT2D eigenvalue weighted by atomic mass is 10.2. The molecule has 27 heavy (non-hydrogen) atoms. The fourth-order valence-corrected chi connectivity index (χ4v) is 5.92. The summed E-state index contributed by atoms with van der Waals surface area (Å²) in [6.45, 7) is -0.272. The predicted molar refractivity (Wildman–Crippen MR) is 106 cm³/mol. The highest BCUT2D eigenvalue weighted by Crippen LogP contribution is 2.33. The maximum absolute atomic E-state index is 13.8. The number of carbonyl (C=O) groups is 2. The summed E-state index contributed by atoms with van der Waals surface area (Å²) in [5.74, 6) is -1.32. The van der Waals surface area contributed by atoms with E-state index in [0.717, 1.165) is 16.7 Å². The van der Waals surface area contributed by atoms with Crippen molar-refractivity contribution in [2.45, 2.75) is 12.5 Å². The van der Waals surface area contributed by atoms with Crippen molar-refractivity contribution in [3.8, 4) is 0 Å². The minimum Gasteiger partial charge on any atom is -0.340 e. The summed E-state index contributed by atoms with van der Waals surface area (Å²) >= 11 is 6.19. The van der Waals surface area contributed by atoms with Crippen molar-refractivity contribution in [2.24, 2.45) is 0 Å². The number of nitrogens with zero attached hydrogens (tertiary/aromatic N) is 2. The molecule has 2 saturated heterocycles. The number of thioether (sulfide) groups is 1. The van der Waals surface area contributed by atoms with E-state index < -0.39 is 27.6 Å². The Morgan fingerprint density at radius 2 is 2.15 bits per heavy atom. The molecule has 3 rings (SSSR count). The van der Waals surface area contributed by atoms with Crippen LogP contribution in [0.15, 0.2) is 29.2 Å². The van der Waals surface area contributed by atoms with Gasteiger partial charge in [0.1, 0.15) is 16.7 Å². The van der Waals surface area contributed by atoms with E-state index in [9.17, 15) is 22.4 Å². The van der Waals surface area contributed by atoms with E-state index in [1.807, 2.05) is 0 Å². The molecule has 2 heterocycles. The molecule has 0 bridgehead atoms. The van der Waals surface area contributed by atoms with Crippen molar-refractivity contribution in [1.29, 1.82) is 0 Å². The molecule has 144 valence electrons. The number of thiocarbonyl (C=S) groups is 1. The minimum absolute atomic E-state index is 0.0573. The van der Waals surface area contributed by atoms with Crippen molar-refractivity contribution in [2.75, 3.05) is 25.1 Å². The van der Waals surface area contributed by atoms with Crippen LogP contribution < -0.4 is 0 Å². The zero-order chi connectivity index (χ0) is 19.8. The van der Waals surface area contributed by atoms with Crippen LogP contribution in [0.25, 0.3) is 6.08 Å². The van der Waals surface area contributed by atoms with Crippen LogP contribution in [0.5, 0.6) is 0 Å². The molecule has 6 nitrogen and oxygen atoms in total. The third-order valence-electron chi connectivity index (χ3n) is 4.51. The Morgan fingerprint density at radius 3 is 2.78 bits per heavy atom. The molecule has 0 saturated carbocycles. The van der Waals surface area contributed by atoms with E-state index in [4.69, 9.17) is 12.2 Å². The molecule has 2 amide bonds. The standard InChI is InChI=1S/C17H17FN2O4S3/c1-19(12-6-7-27(23,24)10-12)15(21)9-20-16(22)14(26-17(20)25)8-11-4-2-3-5-13(11)18/h2-5,8,12H,6-7,9-10H2,1H3/b14-8-/t12-/m0/s1. The van der Waals surface area contributed by atoms with Gasteiger partial charge in [0.15, 0.2) is 9.84 Å². The van der Waals surface area contributed by atoms with E-state index in [-0.39, 0.29) is 38.7 Å². The number of hydrogen-bond donors (Lipinski definition) is 0. The molecule has 2 aliphatic rings. The van der Waals surface area contributed by atoms with Gasteiger partial charge in [0.2, 0.25) is 5.91 Å². The largest absolute Gasteiger partial charge is 0.340 e. The third kappa shape index (κ3) is 4.39. The highest BCUT2D eigenvalue weighted by Gasteiger charge is 2.37. The second-order valence-corrected chi connectivity index (χ2v) is 10.3. The quantitative estimate of drug-likeness (QED) is 0.537. The number of likely N-dealkylation sites (N-methyl/N-ethyl adjacent to an activating group) is 1. The first kappa shape index (κ1) is 20.0. The molecule has 0 radical (unpaired) electrons. The number of rotatable bonds is 4. The Hall–Kier alpha value is -1.78. The Balaban J connectivity index is 1.70.